The lowest BCUT2D eigenvalue weighted by Gasteiger charge is -2.39. The fourth-order valence-corrected chi connectivity index (χ4v) is 6.91. The average Bonchev–Trinajstić information content (AvgIpc) is 3.27. The Labute approximate surface area is 201 Å². The van der Waals surface area contributed by atoms with Crippen molar-refractivity contribution >= 4 is 66.4 Å². The number of para-hydroxylation sites is 3. The van der Waals surface area contributed by atoms with Gasteiger partial charge in [0, 0.05) is 53.8 Å². The first-order valence-electron chi connectivity index (χ1n) is 11.6. The summed E-state index contributed by atoms with van der Waals surface area (Å²) in [5, 5.41) is 2.62. The maximum Gasteiger partial charge on any atom is 0.431 e. The summed E-state index contributed by atoms with van der Waals surface area (Å²) in [7, 11) is 0. The van der Waals surface area contributed by atoms with Crippen molar-refractivity contribution in [2.75, 3.05) is 4.90 Å². The van der Waals surface area contributed by atoms with Crippen LogP contribution < -0.4 is 20.5 Å². The van der Waals surface area contributed by atoms with Crippen LogP contribution in [0.4, 0.5) is 17.1 Å². The first kappa shape index (κ1) is 18.4. The molecule has 6 aromatic rings. The van der Waals surface area contributed by atoms with Gasteiger partial charge in [-0.25, -0.2) is 0 Å². The van der Waals surface area contributed by atoms with Crippen LogP contribution in [0.1, 0.15) is 0 Å². The summed E-state index contributed by atoms with van der Waals surface area (Å²) >= 11 is 1.89. The zero-order valence-corrected chi connectivity index (χ0v) is 19.0. The van der Waals surface area contributed by atoms with E-state index in [0.717, 1.165) is 11.4 Å². The van der Waals surface area contributed by atoms with Gasteiger partial charge < -0.3 is 9.55 Å². The molecule has 5 aromatic carbocycles. The van der Waals surface area contributed by atoms with E-state index >= 15 is 0 Å². The molecule has 3 heterocycles. The molecule has 0 radical (unpaired) electrons. The van der Waals surface area contributed by atoms with Gasteiger partial charge in [-0.05, 0) is 41.9 Å². The molecule has 2 aliphatic heterocycles. The number of anilines is 3. The van der Waals surface area contributed by atoms with Crippen LogP contribution in [0.5, 0.6) is 5.75 Å². The molecule has 0 bridgehead atoms. The molecule has 0 fully saturated rings. The second-order valence-electron chi connectivity index (χ2n) is 8.88. The molecule has 158 valence electrons. The van der Waals surface area contributed by atoms with E-state index in [4.69, 9.17) is 4.65 Å². The van der Waals surface area contributed by atoms with Crippen LogP contribution in [0.3, 0.4) is 0 Å². The summed E-state index contributed by atoms with van der Waals surface area (Å²) in [4.78, 5) is 2.41. The van der Waals surface area contributed by atoms with Crippen LogP contribution in [-0.4, -0.2) is 6.92 Å². The Morgan fingerprint density at radius 3 is 2.38 bits per heavy atom. The summed E-state index contributed by atoms with van der Waals surface area (Å²) in [6.45, 7) is -0.134. The van der Waals surface area contributed by atoms with Crippen molar-refractivity contribution in [1.29, 1.82) is 0 Å². The van der Waals surface area contributed by atoms with Gasteiger partial charge in [-0.1, -0.05) is 72.8 Å². The van der Waals surface area contributed by atoms with Gasteiger partial charge in [0.2, 0.25) is 0 Å². The SMILES string of the molecule is c1ccc(N2c3ccccc3B3Oc4ccccc4-c4c3c2cc2c4sc3ccccc32)cc1. The molecule has 1 aromatic heterocycles. The van der Waals surface area contributed by atoms with E-state index in [1.807, 2.05) is 11.3 Å². The number of nitrogens with zero attached hydrogens (tertiary/aromatic N) is 1. The molecule has 2 nitrogen and oxygen atoms in total. The molecule has 0 saturated carbocycles. The molecular formula is C30H18BNOS. The van der Waals surface area contributed by atoms with Gasteiger partial charge in [0.25, 0.3) is 0 Å². The highest BCUT2D eigenvalue weighted by molar-refractivity contribution is 7.26. The molecule has 4 heteroatoms. The van der Waals surface area contributed by atoms with Crippen molar-refractivity contribution < 1.29 is 4.65 Å². The summed E-state index contributed by atoms with van der Waals surface area (Å²) in [5.41, 5.74) is 8.50. The Bertz CT molecular complexity index is 1760. The van der Waals surface area contributed by atoms with E-state index in [1.54, 1.807) is 0 Å². The Balaban J connectivity index is 1.59. The largest absolute Gasteiger partial charge is 0.551 e. The molecule has 0 spiro atoms. The Morgan fingerprint density at radius 1 is 0.676 bits per heavy atom. The van der Waals surface area contributed by atoms with Gasteiger partial charge in [0.15, 0.2) is 0 Å². The van der Waals surface area contributed by atoms with Gasteiger partial charge in [0.05, 0.1) is 0 Å². The van der Waals surface area contributed by atoms with Crippen LogP contribution in [0.15, 0.2) is 109 Å². The first-order valence-corrected chi connectivity index (χ1v) is 12.4. The third-order valence-corrected chi connectivity index (χ3v) is 8.27. The molecule has 0 aliphatic carbocycles. The quantitative estimate of drug-likeness (QED) is 0.250. The number of hydrogen-bond donors (Lipinski definition) is 0. The smallest absolute Gasteiger partial charge is 0.431 e. The number of rotatable bonds is 1. The number of benzene rings is 5. The lowest BCUT2D eigenvalue weighted by atomic mass is 9.49. The van der Waals surface area contributed by atoms with Crippen molar-refractivity contribution in [3.63, 3.8) is 0 Å². The molecule has 0 N–H and O–H groups in total. The summed E-state index contributed by atoms with van der Waals surface area (Å²) in [6, 6.07) is 39.0. The van der Waals surface area contributed by atoms with Crippen LogP contribution in [-0.2, 0) is 0 Å². The minimum atomic E-state index is -0.134. The average molecular weight is 451 g/mol. The minimum Gasteiger partial charge on any atom is -0.551 e. The van der Waals surface area contributed by atoms with Gasteiger partial charge >= 0.3 is 6.92 Å². The van der Waals surface area contributed by atoms with E-state index in [2.05, 4.69) is 114 Å². The molecule has 0 unspecified atom stereocenters. The Kier molecular flexibility index (Phi) is 3.66. The van der Waals surface area contributed by atoms with Crippen molar-refractivity contribution in [3.8, 4) is 16.9 Å². The van der Waals surface area contributed by atoms with Crippen LogP contribution >= 0.6 is 11.3 Å². The Morgan fingerprint density at radius 2 is 1.44 bits per heavy atom. The Hall–Kier alpha value is -4.02. The molecule has 2 aliphatic rings. The molecule has 0 atom stereocenters. The van der Waals surface area contributed by atoms with Crippen LogP contribution in [0.25, 0.3) is 31.3 Å². The first-order chi connectivity index (χ1) is 16.9. The molecule has 0 amide bonds. The van der Waals surface area contributed by atoms with Crippen molar-refractivity contribution in [2.24, 2.45) is 0 Å². The lowest BCUT2D eigenvalue weighted by molar-refractivity contribution is 0.590. The van der Waals surface area contributed by atoms with Crippen molar-refractivity contribution in [3.05, 3.63) is 109 Å². The predicted molar refractivity (Wildman–Crippen MR) is 145 cm³/mol. The van der Waals surface area contributed by atoms with E-state index in [-0.39, 0.29) is 6.92 Å². The summed E-state index contributed by atoms with van der Waals surface area (Å²) < 4.78 is 9.41. The predicted octanol–water partition coefficient (Wildman–Crippen LogP) is 7.00. The van der Waals surface area contributed by atoms with Crippen LogP contribution in [0, 0.1) is 0 Å². The van der Waals surface area contributed by atoms with E-state index < -0.39 is 0 Å². The standard InChI is InChI=1S/C30H18BNOS/c1-2-10-19(11-3-1)32-24-15-7-6-14-23(24)31-29-25(32)18-22-20-12-5-9-17-27(20)34-30(22)28(29)21-13-4-8-16-26(21)33-31/h1-18H. The highest BCUT2D eigenvalue weighted by Gasteiger charge is 2.43. The fraction of sp³-hybridized carbons (Fsp3) is 0. The molecule has 34 heavy (non-hydrogen) atoms. The van der Waals surface area contributed by atoms with Gasteiger partial charge in [0.1, 0.15) is 5.75 Å². The van der Waals surface area contributed by atoms with Crippen LogP contribution in [0.2, 0.25) is 0 Å². The van der Waals surface area contributed by atoms with E-state index in [1.165, 1.54) is 53.6 Å². The van der Waals surface area contributed by atoms with Gasteiger partial charge in [-0.2, -0.15) is 0 Å². The maximum atomic E-state index is 6.75. The third-order valence-electron chi connectivity index (χ3n) is 7.07. The van der Waals surface area contributed by atoms with Crippen molar-refractivity contribution in [2.45, 2.75) is 0 Å². The van der Waals surface area contributed by atoms with E-state index in [0.29, 0.717) is 0 Å². The number of thiophene rings is 1. The normalized spacial score (nSPS) is 13.4. The molecule has 0 saturated heterocycles. The molecular weight excluding hydrogens is 433 g/mol. The minimum absolute atomic E-state index is 0.134. The number of fused-ring (bicyclic) bond motifs is 8. The third kappa shape index (κ3) is 2.36. The van der Waals surface area contributed by atoms with Crippen molar-refractivity contribution in [1.82, 2.24) is 0 Å². The number of hydrogen-bond acceptors (Lipinski definition) is 3. The second-order valence-corrected chi connectivity index (χ2v) is 9.94. The van der Waals surface area contributed by atoms with E-state index in [9.17, 15) is 0 Å². The zero-order valence-electron chi connectivity index (χ0n) is 18.2. The zero-order chi connectivity index (χ0) is 22.2. The topological polar surface area (TPSA) is 12.5 Å². The summed E-state index contributed by atoms with van der Waals surface area (Å²) in [5.74, 6) is 0.957. The second kappa shape index (κ2) is 6.75. The van der Waals surface area contributed by atoms with Gasteiger partial charge in [-0.3, -0.25) is 0 Å². The fourth-order valence-electron chi connectivity index (χ4n) is 5.66. The highest BCUT2D eigenvalue weighted by atomic mass is 32.1. The maximum absolute atomic E-state index is 6.75. The monoisotopic (exact) mass is 451 g/mol. The summed E-state index contributed by atoms with van der Waals surface area (Å²) in [6.07, 6.45) is 0. The highest BCUT2D eigenvalue weighted by Crippen LogP contribution is 2.49. The lowest BCUT2D eigenvalue weighted by Crippen LogP contribution is -2.56. The molecule has 8 rings (SSSR count). The van der Waals surface area contributed by atoms with Gasteiger partial charge in [-0.15, -0.1) is 11.3 Å².